The van der Waals surface area contributed by atoms with Crippen molar-refractivity contribution in [2.45, 2.75) is 33.2 Å². The molecule has 0 atom stereocenters. The van der Waals surface area contributed by atoms with E-state index in [4.69, 9.17) is 4.74 Å². The summed E-state index contributed by atoms with van der Waals surface area (Å²) in [5.41, 5.74) is -0.148. The third-order valence-electron chi connectivity index (χ3n) is 2.52. The molecule has 0 saturated heterocycles. The van der Waals surface area contributed by atoms with Crippen LogP contribution in [0.3, 0.4) is 0 Å². The molecule has 0 aromatic carbocycles. The molecule has 0 bridgehead atoms. The number of carbonyl (C=O) groups is 2. The smallest absolute Gasteiger partial charge is 0.325 e. The molecule has 0 fully saturated rings. The van der Waals surface area contributed by atoms with Gasteiger partial charge in [0.05, 0.1) is 6.61 Å². The van der Waals surface area contributed by atoms with Gasteiger partial charge in [0.1, 0.15) is 12.2 Å². The predicted octanol–water partition coefficient (Wildman–Crippen LogP) is 0.336. The molecule has 0 spiro atoms. The second kappa shape index (κ2) is 8.08. The van der Waals surface area contributed by atoms with Gasteiger partial charge in [-0.1, -0.05) is 13.3 Å². The van der Waals surface area contributed by atoms with Gasteiger partial charge < -0.3 is 10.1 Å². The number of amides is 1. The Morgan fingerprint density at radius 1 is 1.35 bits per heavy atom. The average Bonchev–Trinajstić information content (AvgIpc) is 2.44. The number of hydrogen-bond donors (Lipinski definition) is 1. The summed E-state index contributed by atoms with van der Waals surface area (Å²) in [4.78, 5) is 34.5. The maximum atomic E-state index is 11.8. The van der Waals surface area contributed by atoms with E-state index in [2.05, 4.69) is 10.4 Å². The summed E-state index contributed by atoms with van der Waals surface area (Å²) >= 11 is 0. The first kappa shape index (κ1) is 15.9. The standard InChI is InChI=1S/C13H19N3O4/c1-3-5-8-16-11(17)7-6-10(15-16)13(19)14-9-12(18)20-4-2/h6-7H,3-5,8-9H2,1-2H3,(H,14,19). The molecule has 1 heterocycles. The zero-order valence-corrected chi connectivity index (χ0v) is 11.7. The van der Waals surface area contributed by atoms with Crippen molar-refractivity contribution in [1.29, 1.82) is 0 Å². The first-order chi connectivity index (χ1) is 9.58. The highest BCUT2D eigenvalue weighted by Gasteiger charge is 2.11. The molecular formula is C13H19N3O4. The fourth-order valence-electron chi connectivity index (χ4n) is 1.49. The molecular weight excluding hydrogens is 262 g/mol. The van der Waals surface area contributed by atoms with Gasteiger partial charge in [-0.25, -0.2) is 4.68 Å². The number of ether oxygens (including phenoxy) is 1. The fourth-order valence-corrected chi connectivity index (χ4v) is 1.49. The number of nitrogens with zero attached hydrogens (tertiary/aromatic N) is 2. The normalized spacial score (nSPS) is 10.1. The minimum atomic E-state index is -0.514. The highest BCUT2D eigenvalue weighted by molar-refractivity contribution is 5.93. The fraction of sp³-hybridized carbons (Fsp3) is 0.538. The molecule has 20 heavy (non-hydrogen) atoms. The second-order valence-corrected chi connectivity index (χ2v) is 4.12. The van der Waals surface area contributed by atoms with Crippen molar-refractivity contribution < 1.29 is 14.3 Å². The van der Waals surface area contributed by atoms with E-state index in [1.807, 2.05) is 6.92 Å². The number of aromatic nitrogens is 2. The molecule has 1 aromatic heterocycles. The lowest BCUT2D eigenvalue weighted by atomic mass is 10.3. The molecule has 1 amide bonds. The van der Waals surface area contributed by atoms with Crippen LogP contribution in [0, 0.1) is 0 Å². The van der Waals surface area contributed by atoms with Gasteiger partial charge in [-0.15, -0.1) is 0 Å². The lowest BCUT2D eigenvalue weighted by Gasteiger charge is -2.07. The predicted molar refractivity (Wildman–Crippen MR) is 72.4 cm³/mol. The molecule has 0 radical (unpaired) electrons. The molecule has 0 saturated carbocycles. The van der Waals surface area contributed by atoms with E-state index in [0.717, 1.165) is 12.8 Å². The van der Waals surface area contributed by atoms with Crippen LogP contribution in [0.1, 0.15) is 37.2 Å². The lowest BCUT2D eigenvalue weighted by molar-refractivity contribution is -0.141. The number of esters is 1. The van der Waals surface area contributed by atoms with Gasteiger partial charge in [0, 0.05) is 12.6 Å². The van der Waals surface area contributed by atoms with E-state index >= 15 is 0 Å². The van der Waals surface area contributed by atoms with Crippen molar-refractivity contribution in [3.63, 3.8) is 0 Å². The molecule has 1 aromatic rings. The highest BCUT2D eigenvalue weighted by atomic mass is 16.5. The van der Waals surface area contributed by atoms with Crippen LogP contribution < -0.4 is 10.9 Å². The number of carbonyl (C=O) groups excluding carboxylic acids is 2. The highest BCUT2D eigenvalue weighted by Crippen LogP contribution is 1.94. The van der Waals surface area contributed by atoms with Gasteiger partial charge in [-0.05, 0) is 19.4 Å². The van der Waals surface area contributed by atoms with Crippen LogP contribution in [0.25, 0.3) is 0 Å². The van der Waals surface area contributed by atoms with E-state index in [1.54, 1.807) is 6.92 Å². The summed E-state index contributed by atoms with van der Waals surface area (Å²) in [6.45, 7) is 4.19. The molecule has 0 aliphatic heterocycles. The van der Waals surface area contributed by atoms with Gasteiger partial charge in [-0.3, -0.25) is 14.4 Å². The van der Waals surface area contributed by atoms with Crippen molar-refractivity contribution in [3.05, 3.63) is 28.2 Å². The van der Waals surface area contributed by atoms with Crippen LogP contribution >= 0.6 is 0 Å². The zero-order chi connectivity index (χ0) is 15.0. The summed E-state index contributed by atoms with van der Waals surface area (Å²) in [6, 6.07) is 2.63. The minimum absolute atomic E-state index is 0.102. The second-order valence-electron chi connectivity index (χ2n) is 4.12. The Hall–Kier alpha value is -2.18. The van der Waals surface area contributed by atoms with Crippen molar-refractivity contribution in [1.82, 2.24) is 15.1 Å². The summed E-state index contributed by atoms with van der Waals surface area (Å²) in [5, 5.41) is 6.37. The number of unbranched alkanes of at least 4 members (excludes halogenated alkanes) is 1. The SMILES string of the molecule is CCCCn1nc(C(=O)NCC(=O)OCC)ccc1=O. The maximum absolute atomic E-state index is 11.8. The topological polar surface area (TPSA) is 90.3 Å². The molecule has 1 rings (SSSR count). The van der Waals surface area contributed by atoms with E-state index in [-0.39, 0.29) is 24.4 Å². The van der Waals surface area contributed by atoms with E-state index in [0.29, 0.717) is 6.54 Å². The molecule has 0 aliphatic carbocycles. The van der Waals surface area contributed by atoms with Crippen LogP contribution in [0.4, 0.5) is 0 Å². The Balaban J connectivity index is 2.68. The Morgan fingerprint density at radius 2 is 2.10 bits per heavy atom. The van der Waals surface area contributed by atoms with Gasteiger partial charge in [-0.2, -0.15) is 5.10 Å². The maximum Gasteiger partial charge on any atom is 0.325 e. The lowest BCUT2D eigenvalue weighted by Crippen LogP contribution is -2.33. The summed E-state index contributed by atoms with van der Waals surface area (Å²) in [6.07, 6.45) is 1.73. The molecule has 7 nitrogen and oxygen atoms in total. The van der Waals surface area contributed by atoms with Crippen LogP contribution in [0.2, 0.25) is 0 Å². The number of nitrogens with one attached hydrogen (secondary N) is 1. The number of rotatable bonds is 7. The largest absolute Gasteiger partial charge is 0.465 e. The molecule has 7 heteroatoms. The monoisotopic (exact) mass is 281 g/mol. The van der Waals surface area contributed by atoms with Crippen molar-refractivity contribution in [2.24, 2.45) is 0 Å². The first-order valence-corrected chi connectivity index (χ1v) is 6.60. The van der Waals surface area contributed by atoms with E-state index in [9.17, 15) is 14.4 Å². The summed E-state index contributed by atoms with van der Waals surface area (Å²) in [5.74, 6) is -1.02. The van der Waals surface area contributed by atoms with Crippen LogP contribution in [0.5, 0.6) is 0 Å². The Morgan fingerprint density at radius 3 is 2.75 bits per heavy atom. The van der Waals surface area contributed by atoms with E-state index < -0.39 is 11.9 Å². The summed E-state index contributed by atoms with van der Waals surface area (Å²) in [7, 11) is 0. The third-order valence-corrected chi connectivity index (χ3v) is 2.52. The molecule has 110 valence electrons. The Kier molecular flexibility index (Phi) is 6.42. The van der Waals surface area contributed by atoms with Crippen molar-refractivity contribution in [2.75, 3.05) is 13.2 Å². The Labute approximate surface area is 116 Å². The number of aryl methyl sites for hydroxylation is 1. The van der Waals surface area contributed by atoms with Gasteiger partial charge in [0.2, 0.25) is 0 Å². The quantitative estimate of drug-likeness (QED) is 0.728. The van der Waals surface area contributed by atoms with Crippen LogP contribution in [-0.2, 0) is 16.1 Å². The van der Waals surface area contributed by atoms with Crippen molar-refractivity contribution in [3.8, 4) is 0 Å². The summed E-state index contributed by atoms with van der Waals surface area (Å²) < 4.78 is 5.95. The van der Waals surface area contributed by atoms with Crippen LogP contribution in [0.15, 0.2) is 16.9 Å². The molecule has 1 N–H and O–H groups in total. The zero-order valence-electron chi connectivity index (χ0n) is 11.7. The first-order valence-electron chi connectivity index (χ1n) is 6.60. The van der Waals surface area contributed by atoms with E-state index in [1.165, 1.54) is 16.8 Å². The van der Waals surface area contributed by atoms with Crippen molar-refractivity contribution >= 4 is 11.9 Å². The third kappa shape index (κ3) is 4.83. The molecule has 0 aliphatic rings. The van der Waals surface area contributed by atoms with Crippen LogP contribution in [-0.4, -0.2) is 34.8 Å². The Bertz CT molecular complexity index is 525. The van der Waals surface area contributed by atoms with Gasteiger partial charge >= 0.3 is 5.97 Å². The minimum Gasteiger partial charge on any atom is -0.465 e. The van der Waals surface area contributed by atoms with Gasteiger partial charge in [0.15, 0.2) is 0 Å². The van der Waals surface area contributed by atoms with Gasteiger partial charge in [0.25, 0.3) is 11.5 Å². The molecule has 0 unspecified atom stereocenters. The average molecular weight is 281 g/mol. The number of hydrogen-bond acceptors (Lipinski definition) is 5.